The lowest BCUT2D eigenvalue weighted by Crippen LogP contribution is -2.48. The molecule has 0 radical (unpaired) electrons. The Kier molecular flexibility index (Phi) is 5.09. The molecule has 0 atom stereocenters. The van der Waals surface area contributed by atoms with Gasteiger partial charge in [0.1, 0.15) is 5.82 Å². The zero-order valence-corrected chi connectivity index (χ0v) is 12.7. The number of carbonyl (C=O) groups is 1. The summed E-state index contributed by atoms with van der Waals surface area (Å²) in [5.41, 5.74) is 1.73. The van der Waals surface area contributed by atoms with Crippen LogP contribution in [0.2, 0.25) is 0 Å². The van der Waals surface area contributed by atoms with Crippen LogP contribution in [-0.2, 0) is 0 Å². The fourth-order valence-electron chi connectivity index (χ4n) is 2.46. The third kappa shape index (κ3) is 3.77. The Bertz CT molecular complexity index is 453. The fourth-order valence-corrected chi connectivity index (χ4v) is 2.46. The first kappa shape index (κ1) is 14.9. The lowest BCUT2D eigenvalue weighted by Gasteiger charge is -2.36. The van der Waals surface area contributed by atoms with Gasteiger partial charge in [0, 0.05) is 45.5 Å². The van der Waals surface area contributed by atoms with Gasteiger partial charge in [-0.15, -0.1) is 0 Å². The van der Waals surface area contributed by atoms with Crippen molar-refractivity contribution >= 4 is 12.1 Å². The predicted octanol–water partition coefficient (Wildman–Crippen LogP) is 0.886. The number of carbonyl (C=O) groups excluding carboxylic acids is 1. The van der Waals surface area contributed by atoms with Gasteiger partial charge in [0.05, 0.1) is 5.56 Å². The van der Waals surface area contributed by atoms with Crippen molar-refractivity contribution in [1.29, 1.82) is 0 Å². The number of hydrogen-bond acceptors (Lipinski definition) is 5. The van der Waals surface area contributed by atoms with Crippen LogP contribution in [0.1, 0.15) is 15.9 Å². The molecule has 0 spiro atoms. The molecule has 1 aromatic rings. The Hall–Kier alpha value is -1.46. The van der Waals surface area contributed by atoms with Gasteiger partial charge in [-0.2, -0.15) is 0 Å². The molecule has 5 heteroatoms. The van der Waals surface area contributed by atoms with E-state index in [1.807, 2.05) is 19.2 Å². The average molecular weight is 276 g/mol. The van der Waals surface area contributed by atoms with Crippen molar-refractivity contribution < 1.29 is 4.79 Å². The zero-order chi connectivity index (χ0) is 14.5. The molecule has 1 saturated heterocycles. The van der Waals surface area contributed by atoms with Gasteiger partial charge < -0.3 is 9.80 Å². The molecule has 0 aromatic carbocycles. The van der Waals surface area contributed by atoms with Gasteiger partial charge in [-0.05, 0) is 32.6 Å². The highest BCUT2D eigenvalue weighted by Crippen LogP contribution is 2.18. The molecule has 20 heavy (non-hydrogen) atoms. The van der Waals surface area contributed by atoms with Gasteiger partial charge in [0.25, 0.3) is 0 Å². The molecule has 0 N–H and O–H groups in total. The van der Waals surface area contributed by atoms with Crippen LogP contribution < -0.4 is 4.90 Å². The van der Waals surface area contributed by atoms with E-state index in [0.29, 0.717) is 5.56 Å². The molecule has 2 rings (SSSR count). The number of aldehydes is 1. The van der Waals surface area contributed by atoms with Crippen molar-refractivity contribution in [3.63, 3.8) is 0 Å². The number of hydrogen-bond donors (Lipinski definition) is 0. The van der Waals surface area contributed by atoms with Crippen LogP contribution in [0.15, 0.2) is 12.3 Å². The van der Waals surface area contributed by atoms with E-state index in [1.165, 1.54) is 0 Å². The van der Waals surface area contributed by atoms with Crippen molar-refractivity contribution in [2.75, 3.05) is 58.3 Å². The zero-order valence-electron chi connectivity index (χ0n) is 12.7. The molecule has 0 saturated carbocycles. The predicted molar refractivity (Wildman–Crippen MR) is 81.6 cm³/mol. The molecule has 1 fully saturated rings. The normalized spacial score (nSPS) is 16.7. The third-order valence-corrected chi connectivity index (χ3v) is 3.69. The minimum absolute atomic E-state index is 0.701. The Morgan fingerprint density at radius 2 is 2.00 bits per heavy atom. The highest BCUT2D eigenvalue weighted by Gasteiger charge is 2.19. The lowest BCUT2D eigenvalue weighted by atomic mass is 10.2. The molecular formula is C15H24N4O. The second kappa shape index (κ2) is 6.81. The maximum Gasteiger partial charge on any atom is 0.153 e. The molecule has 1 aromatic heterocycles. The molecule has 1 aliphatic heterocycles. The van der Waals surface area contributed by atoms with Crippen LogP contribution in [0.5, 0.6) is 0 Å². The number of nitrogens with zero attached hydrogens (tertiary/aromatic N) is 4. The van der Waals surface area contributed by atoms with Crippen molar-refractivity contribution in [2.45, 2.75) is 6.92 Å². The molecule has 2 heterocycles. The summed E-state index contributed by atoms with van der Waals surface area (Å²) >= 11 is 0. The number of piperazine rings is 1. The van der Waals surface area contributed by atoms with Crippen LogP contribution in [0.25, 0.3) is 0 Å². The maximum atomic E-state index is 11.2. The van der Waals surface area contributed by atoms with E-state index in [-0.39, 0.29) is 0 Å². The van der Waals surface area contributed by atoms with Crippen LogP contribution in [0, 0.1) is 6.92 Å². The van der Waals surface area contributed by atoms with Crippen LogP contribution in [0.4, 0.5) is 5.82 Å². The van der Waals surface area contributed by atoms with Gasteiger partial charge in [0.2, 0.25) is 0 Å². The summed E-state index contributed by atoms with van der Waals surface area (Å²) < 4.78 is 0. The SMILES string of the molecule is Cc1cnc(N2CCN(CCN(C)C)CC2)c(C=O)c1. The molecule has 5 nitrogen and oxygen atoms in total. The van der Waals surface area contributed by atoms with E-state index in [2.05, 4.69) is 33.8 Å². The van der Waals surface area contributed by atoms with E-state index >= 15 is 0 Å². The van der Waals surface area contributed by atoms with Crippen LogP contribution in [-0.4, -0.2) is 74.4 Å². The molecule has 0 aliphatic carbocycles. The van der Waals surface area contributed by atoms with Crippen LogP contribution >= 0.6 is 0 Å². The van der Waals surface area contributed by atoms with E-state index in [0.717, 1.165) is 56.9 Å². The quantitative estimate of drug-likeness (QED) is 0.747. The molecule has 0 bridgehead atoms. The summed E-state index contributed by atoms with van der Waals surface area (Å²) in [5, 5.41) is 0. The Balaban J connectivity index is 1.95. The number of anilines is 1. The number of pyridine rings is 1. The largest absolute Gasteiger partial charge is 0.353 e. The Morgan fingerprint density at radius 1 is 1.30 bits per heavy atom. The average Bonchev–Trinajstić information content (AvgIpc) is 2.45. The summed E-state index contributed by atoms with van der Waals surface area (Å²) in [7, 11) is 4.20. The molecule has 1 aliphatic rings. The first-order chi connectivity index (χ1) is 9.60. The lowest BCUT2D eigenvalue weighted by molar-refractivity contribution is 0.112. The van der Waals surface area contributed by atoms with E-state index in [1.54, 1.807) is 0 Å². The molecule has 0 amide bonds. The van der Waals surface area contributed by atoms with Crippen LogP contribution in [0.3, 0.4) is 0 Å². The number of likely N-dealkylation sites (N-methyl/N-ethyl adjacent to an activating group) is 1. The van der Waals surface area contributed by atoms with Crippen molar-refractivity contribution in [2.24, 2.45) is 0 Å². The highest BCUT2D eigenvalue weighted by molar-refractivity contribution is 5.83. The number of rotatable bonds is 5. The minimum Gasteiger partial charge on any atom is -0.353 e. The Morgan fingerprint density at radius 3 is 2.60 bits per heavy atom. The standard InChI is InChI=1S/C15H24N4O/c1-13-10-14(12-20)15(16-11-13)19-8-6-18(7-9-19)5-4-17(2)3/h10-12H,4-9H2,1-3H3. The summed E-state index contributed by atoms with van der Waals surface area (Å²) in [6, 6.07) is 1.91. The smallest absolute Gasteiger partial charge is 0.153 e. The van der Waals surface area contributed by atoms with Gasteiger partial charge >= 0.3 is 0 Å². The van der Waals surface area contributed by atoms with Gasteiger partial charge in [-0.25, -0.2) is 4.98 Å². The van der Waals surface area contributed by atoms with E-state index in [4.69, 9.17) is 0 Å². The summed E-state index contributed by atoms with van der Waals surface area (Å²) in [6.45, 7) is 8.08. The van der Waals surface area contributed by atoms with Gasteiger partial charge in [-0.3, -0.25) is 9.69 Å². The number of aromatic nitrogens is 1. The fraction of sp³-hybridized carbons (Fsp3) is 0.600. The first-order valence-electron chi connectivity index (χ1n) is 7.14. The summed E-state index contributed by atoms with van der Waals surface area (Å²) in [4.78, 5) is 22.5. The molecule has 0 unspecified atom stereocenters. The molecule has 110 valence electrons. The first-order valence-corrected chi connectivity index (χ1v) is 7.14. The second-order valence-corrected chi connectivity index (χ2v) is 5.68. The van der Waals surface area contributed by atoms with Crippen molar-refractivity contribution in [1.82, 2.24) is 14.8 Å². The molecular weight excluding hydrogens is 252 g/mol. The van der Waals surface area contributed by atoms with Crippen molar-refractivity contribution in [3.05, 3.63) is 23.4 Å². The third-order valence-electron chi connectivity index (χ3n) is 3.69. The number of aryl methyl sites for hydroxylation is 1. The minimum atomic E-state index is 0.701. The van der Waals surface area contributed by atoms with Crippen molar-refractivity contribution in [3.8, 4) is 0 Å². The monoisotopic (exact) mass is 276 g/mol. The second-order valence-electron chi connectivity index (χ2n) is 5.68. The summed E-state index contributed by atoms with van der Waals surface area (Å²) in [6.07, 6.45) is 2.74. The van der Waals surface area contributed by atoms with Gasteiger partial charge in [0.15, 0.2) is 6.29 Å². The Labute approximate surface area is 121 Å². The summed E-state index contributed by atoms with van der Waals surface area (Å²) in [5.74, 6) is 0.831. The van der Waals surface area contributed by atoms with Gasteiger partial charge in [-0.1, -0.05) is 0 Å². The topological polar surface area (TPSA) is 39.7 Å². The van der Waals surface area contributed by atoms with E-state index < -0.39 is 0 Å². The highest BCUT2D eigenvalue weighted by atomic mass is 16.1. The van der Waals surface area contributed by atoms with E-state index in [9.17, 15) is 4.79 Å². The maximum absolute atomic E-state index is 11.2.